The van der Waals surface area contributed by atoms with Gasteiger partial charge in [-0.15, -0.1) is 4.91 Å². The third kappa shape index (κ3) is 9.84. The molecule has 3 saturated heterocycles. The third-order valence-electron chi connectivity index (χ3n) is 15.8. The fraction of sp³-hybridized carbons (Fsp3) is 0.490. The molecule has 3 atom stereocenters. The topological polar surface area (TPSA) is 216 Å². The third-order valence-corrected chi connectivity index (χ3v) is 18.3. The molecule has 5 aromatic rings. The van der Waals surface area contributed by atoms with Crippen LogP contribution in [0.2, 0.25) is 0 Å². The average molecular weight is 1010 g/mol. The molecule has 4 fully saturated rings. The van der Waals surface area contributed by atoms with E-state index in [0.29, 0.717) is 50.6 Å². The van der Waals surface area contributed by atoms with Crippen molar-refractivity contribution in [3.63, 3.8) is 0 Å². The van der Waals surface area contributed by atoms with E-state index < -0.39 is 42.3 Å². The largest absolute Gasteiger partial charge is 0.489 e. The van der Waals surface area contributed by atoms with Gasteiger partial charge in [-0.3, -0.25) is 9.69 Å². The van der Waals surface area contributed by atoms with Gasteiger partial charge in [0.25, 0.3) is 15.9 Å². The van der Waals surface area contributed by atoms with Crippen LogP contribution in [-0.2, 0) is 20.0 Å². The number of nitrogens with one attached hydrogen (secondary N) is 3. The number of carbonyl (C=O) groups excluding carboxylic acids is 1. The molecule has 1 amide bonds. The minimum absolute atomic E-state index is 0.0130. The second-order valence-corrected chi connectivity index (χ2v) is 24.6. The first-order chi connectivity index (χ1) is 33.8. The van der Waals surface area contributed by atoms with Crippen LogP contribution in [0.4, 0.5) is 21.5 Å². The molecule has 0 radical (unpaired) electrons. The number of anilines is 2. The van der Waals surface area contributed by atoms with Crippen molar-refractivity contribution >= 4 is 54.0 Å². The summed E-state index contributed by atoms with van der Waals surface area (Å²) in [5.41, 5.74) is 2.80. The van der Waals surface area contributed by atoms with Gasteiger partial charge < -0.3 is 29.8 Å². The summed E-state index contributed by atoms with van der Waals surface area (Å²) in [6.07, 6.45) is 9.13. The number of benzene rings is 3. The zero-order chi connectivity index (χ0) is 50.0. The Balaban J connectivity index is 0.859. The number of H-pyrrole nitrogens is 1. The summed E-state index contributed by atoms with van der Waals surface area (Å²) in [6, 6.07) is 17.1. The van der Waals surface area contributed by atoms with Crippen LogP contribution in [0.1, 0.15) is 99.0 Å². The molecule has 378 valence electrons. The number of nitrogens with zero attached hydrogens (tertiary/aromatic N) is 5. The average Bonchev–Trinajstić information content (AvgIpc) is 3.71. The Morgan fingerprint density at radius 2 is 1.75 bits per heavy atom. The molecule has 4 N–H and O–H groups in total. The zero-order valence-electron chi connectivity index (χ0n) is 40.4. The minimum atomic E-state index is -4.62. The Kier molecular flexibility index (Phi) is 12.9. The maximum absolute atomic E-state index is 14.7. The van der Waals surface area contributed by atoms with Crippen molar-refractivity contribution in [2.45, 2.75) is 100 Å². The monoisotopic (exact) mass is 1010 g/mol. The number of sulfonamides is 2. The Labute approximate surface area is 413 Å². The molecular weight excluding hydrogens is 952 g/mol. The number of carbonyl (C=O) groups is 1. The van der Waals surface area contributed by atoms with Crippen molar-refractivity contribution in [3.05, 3.63) is 100 Å². The van der Waals surface area contributed by atoms with Gasteiger partial charge in [0.05, 0.1) is 39.9 Å². The number of aromatic nitrogens is 2. The molecule has 71 heavy (non-hydrogen) atoms. The van der Waals surface area contributed by atoms with Gasteiger partial charge in [0.2, 0.25) is 10.0 Å². The summed E-state index contributed by atoms with van der Waals surface area (Å²) < 4.78 is 84.3. The van der Waals surface area contributed by atoms with Gasteiger partial charge in [-0.2, -0.15) is 0 Å². The molecule has 0 bridgehead atoms. The Hall–Kier alpha value is -5.67. The zero-order valence-corrected chi connectivity index (χ0v) is 42.0. The lowest BCUT2D eigenvalue weighted by molar-refractivity contribution is -0.0635. The molecule has 6 heterocycles. The van der Waals surface area contributed by atoms with Crippen molar-refractivity contribution in [1.82, 2.24) is 23.9 Å². The van der Waals surface area contributed by atoms with Gasteiger partial charge in [0.15, 0.2) is 0 Å². The molecule has 0 unspecified atom stereocenters. The Bertz CT molecular complexity index is 3090. The first-order valence-electron chi connectivity index (χ1n) is 24.5. The lowest BCUT2D eigenvalue weighted by Crippen LogP contribution is -2.65. The van der Waals surface area contributed by atoms with E-state index >= 15 is 0 Å². The van der Waals surface area contributed by atoms with Crippen LogP contribution in [0.3, 0.4) is 0 Å². The van der Waals surface area contributed by atoms with E-state index in [2.05, 4.69) is 67.0 Å². The molecule has 4 aliphatic heterocycles. The number of fused-ring (bicyclic) bond motifs is 2. The molecule has 1 saturated carbocycles. The van der Waals surface area contributed by atoms with Gasteiger partial charge >= 0.3 is 0 Å². The summed E-state index contributed by atoms with van der Waals surface area (Å²) in [7, 11) is -7.98. The number of nitroso groups, excluding NO2 is 1. The standard InChI is InChI=1S/C51H61FN8O9S2/c1-31(2)36-7-5-6-8-37(36)40-27-60(70(4,64)65)18-13-44(40)59-29-51(30-59)16-19-58(20-17-51)33-9-10-38(45(21-33)69-34-22-39-41(52)26-54-48(39)53-25-34)49(61)57-71(66,67)35-23-42(56-63)47-46(24-35)68-28-43(55-47)32-11-14-50(3,62)15-12-32/h5-10,21-26,31-32,40,43-44,55,62H,11-20,27-30H2,1-4H3,(H,53,54)(H,57,61)/t32-,40-,43-,44-,50-/m1/s1. The predicted molar refractivity (Wildman–Crippen MR) is 268 cm³/mol. The van der Waals surface area contributed by atoms with E-state index in [9.17, 15) is 36.0 Å². The SMILES string of the molecule is CC(C)c1ccccc1[C@H]1CN(S(C)(=O)=O)CC[C@H]1N1CC2(CCN(c3ccc(C(=O)NS(=O)(=O)c4cc(N=O)c5c(c4)OC[C@H]([C@H]4CC[C@](C)(O)CC4)N5)c(Oc4cnc5[nH]cc(F)c5c4)c3)CC2)C1. The van der Waals surface area contributed by atoms with Gasteiger partial charge in [0, 0.05) is 75.2 Å². The molecule has 10 rings (SSSR count). The van der Waals surface area contributed by atoms with Gasteiger partial charge in [0.1, 0.15) is 46.7 Å². The van der Waals surface area contributed by atoms with Crippen molar-refractivity contribution < 1.29 is 40.6 Å². The van der Waals surface area contributed by atoms with E-state index in [1.165, 1.54) is 48.0 Å². The highest BCUT2D eigenvalue weighted by atomic mass is 32.2. The van der Waals surface area contributed by atoms with E-state index in [1.54, 1.807) is 16.4 Å². The van der Waals surface area contributed by atoms with Crippen LogP contribution in [0, 0.1) is 22.1 Å². The maximum atomic E-state index is 14.7. The van der Waals surface area contributed by atoms with Gasteiger partial charge in [-0.25, -0.2) is 35.2 Å². The van der Waals surface area contributed by atoms with E-state index in [4.69, 9.17) is 9.47 Å². The highest BCUT2D eigenvalue weighted by Gasteiger charge is 2.50. The van der Waals surface area contributed by atoms with E-state index in [-0.39, 0.29) is 75.5 Å². The second kappa shape index (κ2) is 18.7. The number of ether oxygens (including phenoxy) is 2. The minimum Gasteiger partial charge on any atom is -0.489 e. The number of amides is 1. The molecule has 17 nitrogen and oxygen atoms in total. The van der Waals surface area contributed by atoms with Crippen molar-refractivity contribution in [3.8, 4) is 17.2 Å². The lowest BCUT2D eigenvalue weighted by Gasteiger charge is -2.59. The number of rotatable bonds is 12. The summed E-state index contributed by atoms with van der Waals surface area (Å²) >= 11 is 0. The Morgan fingerprint density at radius 3 is 2.46 bits per heavy atom. The number of aromatic amines is 1. The van der Waals surface area contributed by atoms with Gasteiger partial charge in [-0.05, 0) is 110 Å². The van der Waals surface area contributed by atoms with Crippen molar-refractivity contribution in [2.75, 3.05) is 62.3 Å². The van der Waals surface area contributed by atoms with Crippen molar-refractivity contribution in [1.29, 1.82) is 0 Å². The summed E-state index contributed by atoms with van der Waals surface area (Å²) in [6.45, 7) is 10.5. The quantitative estimate of drug-likeness (QED) is 0.0874. The molecular formula is C51H61FN8O9S2. The lowest BCUT2D eigenvalue weighted by atomic mass is 9.69. The fourth-order valence-corrected chi connectivity index (χ4v) is 13.5. The van der Waals surface area contributed by atoms with Crippen LogP contribution in [-0.4, -0.2) is 117 Å². The van der Waals surface area contributed by atoms with Crippen LogP contribution in [0.5, 0.6) is 17.2 Å². The van der Waals surface area contributed by atoms with Gasteiger partial charge in [-0.1, -0.05) is 38.1 Å². The normalized spacial score (nSPS) is 25.0. The summed E-state index contributed by atoms with van der Waals surface area (Å²) in [5.74, 6) is -0.828. The number of hydrogen-bond donors (Lipinski definition) is 4. The molecule has 1 spiro atoms. The fourth-order valence-electron chi connectivity index (χ4n) is 11.7. The first-order valence-corrected chi connectivity index (χ1v) is 27.8. The predicted octanol–water partition coefficient (Wildman–Crippen LogP) is 7.97. The first kappa shape index (κ1) is 48.9. The number of hydrogen-bond acceptors (Lipinski definition) is 14. The Morgan fingerprint density at radius 1 is 1.00 bits per heavy atom. The van der Waals surface area contributed by atoms with Crippen LogP contribution in [0.25, 0.3) is 11.0 Å². The van der Waals surface area contributed by atoms with Crippen LogP contribution < -0.4 is 24.4 Å². The molecule has 5 aliphatic rings. The maximum Gasteiger partial charge on any atom is 0.268 e. The smallest absolute Gasteiger partial charge is 0.268 e. The molecule has 2 aromatic heterocycles. The molecule has 20 heteroatoms. The second-order valence-electron chi connectivity index (χ2n) is 21.0. The molecule has 1 aliphatic carbocycles. The van der Waals surface area contributed by atoms with E-state index in [0.717, 1.165) is 56.9 Å². The van der Waals surface area contributed by atoms with Crippen molar-refractivity contribution in [2.24, 2.45) is 16.5 Å². The summed E-state index contributed by atoms with van der Waals surface area (Å²) in [5, 5.41) is 17.1. The number of likely N-dealkylation sites (tertiary alicyclic amines) is 1. The van der Waals surface area contributed by atoms with Crippen LogP contribution >= 0.6 is 0 Å². The van der Waals surface area contributed by atoms with Crippen LogP contribution in [0.15, 0.2) is 83.1 Å². The highest BCUT2D eigenvalue weighted by molar-refractivity contribution is 7.90. The summed E-state index contributed by atoms with van der Waals surface area (Å²) in [4.78, 5) is 37.7. The molecule has 3 aromatic carbocycles. The number of pyridine rings is 1. The number of halogens is 1. The number of aliphatic hydroxyl groups is 1. The number of piperidine rings is 2. The van der Waals surface area contributed by atoms with E-state index in [1.807, 2.05) is 13.0 Å². The highest BCUT2D eigenvalue weighted by Crippen LogP contribution is 2.48.